The van der Waals surface area contributed by atoms with Gasteiger partial charge >= 0.3 is 0 Å². The molecule has 0 saturated carbocycles. The first-order chi connectivity index (χ1) is 14.7. The molecule has 0 bridgehead atoms. The largest absolute Gasteiger partial charge is 0.378 e. The predicted molar refractivity (Wildman–Crippen MR) is 126 cm³/mol. The van der Waals surface area contributed by atoms with Crippen LogP contribution in [-0.2, 0) is 14.6 Å². The van der Waals surface area contributed by atoms with Gasteiger partial charge in [0.1, 0.15) is 0 Å². The molecule has 0 spiro atoms. The van der Waals surface area contributed by atoms with Crippen LogP contribution in [0.2, 0.25) is 10.0 Å². The summed E-state index contributed by atoms with van der Waals surface area (Å²) in [6.07, 6.45) is 1.18. The fourth-order valence-corrected chi connectivity index (χ4v) is 5.70. The fourth-order valence-electron chi connectivity index (χ4n) is 3.39. The van der Waals surface area contributed by atoms with Crippen molar-refractivity contribution in [3.63, 3.8) is 0 Å². The topological polar surface area (TPSA) is 63.7 Å². The normalized spacial score (nSPS) is 14.6. The Bertz CT molecular complexity index is 1230. The first-order valence-electron chi connectivity index (χ1n) is 9.51. The van der Waals surface area contributed by atoms with Crippen LogP contribution in [-0.4, -0.2) is 46.8 Å². The Balaban J connectivity index is 1.78. The Morgan fingerprint density at radius 1 is 1.03 bits per heavy atom. The molecule has 0 atom stereocenters. The molecule has 1 aliphatic heterocycles. The molecule has 0 amide bonds. The number of ketones is 1. The first kappa shape index (κ1) is 22.3. The molecule has 1 saturated heterocycles. The molecule has 162 valence electrons. The van der Waals surface area contributed by atoms with Crippen LogP contribution in [0.5, 0.6) is 0 Å². The third kappa shape index (κ3) is 4.81. The molecular weight excluding hydrogens is 477 g/mol. The minimum Gasteiger partial charge on any atom is -0.378 e. The number of benzene rings is 2. The highest BCUT2D eigenvalue weighted by atomic mass is 35.5. The number of morpholine rings is 1. The van der Waals surface area contributed by atoms with E-state index in [1.807, 2.05) is 6.07 Å². The van der Waals surface area contributed by atoms with Crippen LogP contribution in [0.25, 0.3) is 11.1 Å². The lowest BCUT2D eigenvalue weighted by Crippen LogP contribution is -2.35. The number of halogens is 2. The lowest BCUT2D eigenvalue weighted by atomic mass is 10.1. The molecule has 1 aromatic heterocycles. The van der Waals surface area contributed by atoms with Crippen molar-refractivity contribution < 1.29 is 17.9 Å². The molecule has 3 aromatic rings. The number of anilines is 1. The molecule has 1 aliphatic rings. The van der Waals surface area contributed by atoms with Gasteiger partial charge in [-0.25, -0.2) is 8.42 Å². The summed E-state index contributed by atoms with van der Waals surface area (Å²) in [6.45, 7) is 2.64. The summed E-state index contributed by atoms with van der Waals surface area (Å²) in [7, 11) is -3.29. The van der Waals surface area contributed by atoms with Gasteiger partial charge in [-0.1, -0.05) is 35.3 Å². The van der Waals surface area contributed by atoms with Gasteiger partial charge in [-0.05, 0) is 42.0 Å². The predicted octanol–water partition coefficient (Wildman–Crippen LogP) is 5.19. The van der Waals surface area contributed by atoms with Crippen LogP contribution in [0, 0.1) is 0 Å². The van der Waals surface area contributed by atoms with Crippen molar-refractivity contribution in [2.24, 2.45) is 0 Å². The summed E-state index contributed by atoms with van der Waals surface area (Å²) in [5.74, 6) is -0.180. The number of thiophene rings is 1. The maximum atomic E-state index is 13.2. The van der Waals surface area contributed by atoms with Gasteiger partial charge < -0.3 is 9.64 Å². The molecule has 4 rings (SSSR count). The van der Waals surface area contributed by atoms with E-state index < -0.39 is 9.84 Å². The zero-order chi connectivity index (χ0) is 22.2. The number of ether oxygens (including phenoxy) is 1. The van der Waals surface area contributed by atoms with Crippen molar-refractivity contribution in [1.29, 1.82) is 0 Å². The van der Waals surface area contributed by atoms with Gasteiger partial charge in [0.15, 0.2) is 9.84 Å². The minimum absolute atomic E-state index is 0.180. The van der Waals surface area contributed by atoms with E-state index in [4.69, 9.17) is 27.9 Å². The maximum Gasteiger partial charge on any atom is 0.204 e. The van der Waals surface area contributed by atoms with Gasteiger partial charge in [-0.2, -0.15) is 0 Å². The zero-order valence-electron chi connectivity index (χ0n) is 16.6. The lowest BCUT2D eigenvalue weighted by Gasteiger charge is -2.28. The Kier molecular flexibility index (Phi) is 6.42. The number of rotatable bonds is 5. The lowest BCUT2D eigenvalue weighted by molar-refractivity contribution is 0.104. The molecule has 2 aromatic carbocycles. The second kappa shape index (κ2) is 8.92. The highest BCUT2D eigenvalue weighted by Gasteiger charge is 2.24. The Labute approximate surface area is 195 Å². The number of sulfone groups is 1. The van der Waals surface area contributed by atoms with Crippen molar-refractivity contribution in [2.45, 2.75) is 4.90 Å². The van der Waals surface area contributed by atoms with Crippen LogP contribution in [0.3, 0.4) is 0 Å². The van der Waals surface area contributed by atoms with E-state index in [9.17, 15) is 13.2 Å². The van der Waals surface area contributed by atoms with E-state index in [0.717, 1.165) is 16.1 Å². The van der Waals surface area contributed by atoms with Gasteiger partial charge in [-0.15, -0.1) is 11.3 Å². The summed E-state index contributed by atoms with van der Waals surface area (Å²) >= 11 is 13.6. The highest BCUT2D eigenvalue weighted by Crippen LogP contribution is 2.41. The molecule has 1 fully saturated rings. The van der Waals surface area contributed by atoms with Crippen molar-refractivity contribution in [3.05, 3.63) is 69.0 Å². The summed E-state index contributed by atoms with van der Waals surface area (Å²) in [5, 5.41) is 1.72. The number of hydrogen-bond donors (Lipinski definition) is 0. The molecule has 9 heteroatoms. The third-order valence-corrected chi connectivity index (χ3v) is 7.87. The Morgan fingerprint density at radius 3 is 2.32 bits per heavy atom. The molecule has 0 N–H and O–H groups in total. The summed E-state index contributed by atoms with van der Waals surface area (Å²) in [4.78, 5) is 16.2. The van der Waals surface area contributed by atoms with Crippen molar-refractivity contribution >= 4 is 55.2 Å². The van der Waals surface area contributed by atoms with Gasteiger partial charge in [0.25, 0.3) is 0 Å². The van der Waals surface area contributed by atoms with Crippen molar-refractivity contribution in [2.75, 3.05) is 37.5 Å². The van der Waals surface area contributed by atoms with Crippen LogP contribution in [0.1, 0.15) is 15.2 Å². The van der Waals surface area contributed by atoms with Crippen LogP contribution < -0.4 is 4.90 Å². The Hall–Kier alpha value is -1.90. The summed E-state index contributed by atoms with van der Waals surface area (Å²) in [6, 6.07) is 13.4. The van der Waals surface area contributed by atoms with Crippen LogP contribution in [0.4, 0.5) is 5.00 Å². The number of nitrogens with zero attached hydrogens (tertiary/aromatic N) is 1. The molecular formula is C22H19Cl2NO4S2. The molecule has 0 unspecified atom stereocenters. The van der Waals surface area contributed by atoms with Gasteiger partial charge in [-0.3, -0.25) is 4.79 Å². The summed E-state index contributed by atoms with van der Waals surface area (Å²) < 4.78 is 29.1. The number of carbonyl (C=O) groups is 1. The molecule has 5 nitrogen and oxygen atoms in total. The smallest absolute Gasteiger partial charge is 0.204 e. The molecule has 2 heterocycles. The monoisotopic (exact) mass is 495 g/mol. The average molecular weight is 496 g/mol. The fraction of sp³-hybridized carbons (Fsp3) is 0.227. The first-order valence-corrected chi connectivity index (χ1v) is 13.0. The van der Waals surface area contributed by atoms with Crippen molar-refractivity contribution in [3.8, 4) is 11.1 Å². The third-order valence-electron chi connectivity index (χ3n) is 5.00. The summed E-state index contributed by atoms with van der Waals surface area (Å²) in [5.41, 5.74) is 2.10. The standard InChI is InChI=1S/C22H19Cl2NO4S2/c1-31(27,28)16-5-2-14(3-6-16)18-13-20(30-22(18)25-8-10-29-11-9-25)21(26)17-7-4-15(23)12-19(17)24/h2-7,12-13H,8-11H2,1H3. The zero-order valence-corrected chi connectivity index (χ0v) is 19.7. The number of carbonyl (C=O) groups excluding carboxylic acids is 1. The van der Waals surface area contributed by atoms with Gasteiger partial charge in [0.2, 0.25) is 5.78 Å². The Morgan fingerprint density at radius 2 is 1.71 bits per heavy atom. The quantitative estimate of drug-likeness (QED) is 0.455. The van der Waals surface area contributed by atoms with E-state index in [1.54, 1.807) is 42.5 Å². The van der Waals surface area contributed by atoms with E-state index >= 15 is 0 Å². The van der Waals surface area contributed by atoms with Crippen LogP contribution >= 0.6 is 34.5 Å². The van der Waals surface area contributed by atoms with E-state index in [1.165, 1.54) is 17.6 Å². The van der Waals surface area contributed by atoms with Gasteiger partial charge in [0.05, 0.1) is 33.0 Å². The maximum absolute atomic E-state index is 13.2. The number of hydrogen-bond acceptors (Lipinski definition) is 6. The van der Waals surface area contributed by atoms with Crippen molar-refractivity contribution in [1.82, 2.24) is 0 Å². The molecule has 0 radical (unpaired) electrons. The van der Waals surface area contributed by atoms with E-state index in [0.29, 0.717) is 46.8 Å². The van der Waals surface area contributed by atoms with E-state index in [-0.39, 0.29) is 10.7 Å². The second-order valence-electron chi connectivity index (χ2n) is 7.18. The minimum atomic E-state index is -3.29. The molecule has 0 aliphatic carbocycles. The highest BCUT2D eigenvalue weighted by molar-refractivity contribution is 7.90. The average Bonchev–Trinajstić information content (AvgIpc) is 3.19. The molecule has 31 heavy (non-hydrogen) atoms. The second-order valence-corrected chi connectivity index (χ2v) is 11.1. The van der Waals surface area contributed by atoms with Gasteiger partial charge in [0, 0.05) is 35.5 Å². The van der Waals surface area contributed by atoms with E-state index in [2.05, 4.69) is 4.90 Å². The SMILES string of the molecule is CS(=O)(=O)c1ccc(-c2cc(C(=O)c3ccc(Cl)cc3Cl)sc2N2CCOCC2)cc1. The van der Waals surface area contributed by atoms with Crippen LogP contribution in [0.15, 0.2) is 53.4 Å².